The van der Waals surface area contributed by atoms with E-state index in [1.807, 2.05) is 31.2 Å². The third-order valence-corrected chi connectivity index (χ3v) is 3.22. The smallest absolute Gasteiger partial charge is 0.307 e. The van der Waals surface area contributed by atoms with E-state index in [0.29, 0.717) is 11.2 Å². The highest BCUT2D eigenvalue weighted by Crippen LogP contribution is 2.28. The van der Waals surface area contributed by atoms with Crippen LogP contribution in [0, 0.1) is 6.92 Å². The van der Waals surface area contributed by atoms with Gasteiger partial charge in [-0.3, -0.25) is 4.79 Å². The van der Waals surface area contributed by atoms with Gasteiger partial charge in [0.15, 0.2) is 0 Å². The molecule has 0 atom stereocenters. The SMILES string of the molecule is Cc1ccc(-c2ncnc3[nH]cc(CC(=O)O)c23)cc1. The number of fused-ring (bicyclic) bond motifs is 1. The minimum absolute atomic E-state index is 0.0494. The summed E-state index contributed by atoms with van der Waals surface area (Å²) in [5, 5.41) is 9.76. The van der Waals surface area contributed by atoms with Gasteiger partial charge in [-0.1, -0.05) is 29.8 Å². The first-order valence-corrected chi connectivity index (χ1v) is 6.25. The highest BCUT2D eigenvalue weighted by atomic mass is 16.4. The maximum atomic E-state index is 10.9. The maximum Gasteiger partial charge on any atom is 0.307 e. The lowest BCUT2D eigenvalue weighted by Gasteiger charge is -2.04. The van der Waals surface area contributed by atoms with E-state index in [2.05, 4.69) is 15.0 Å². The minimum atomic E-state index is -0.871. The Labute approximate surface area is 115 Å². The van der Waals surface area contributed by atoms with E-state index < -0.39 is 5.97 Å². The Balaban J connectivity index is 2.21. The molecule has 0 aliphatic heterocycles. The van der Waals surface area contributed by atoms with E-state index >= 15 is 0 Å². The molecular formula is C15H13N3O2. The molecule has 0 amide bonds. The molecule has 0 spiro atoms. The van der Waals surface area contributed by atoms with Crippen molar-refractivity contribution in [3.63, 3.8) is 0 Å². The Morgan fingerprint density at radius 2 is 2.00 bits per heavy atom. The van der Waals surface area contributed by atoms with Crippen LogP contribution in [0.5, 0.6) is 0 Å². The van der Waals surface area contributed by atoms with Crippen LogP contribution in [-0.2, 0) is 11.2 Å². The molecule has 0 unspecified atom stereocenters. The third-order valence-electron chi connectivity index (χ3n) is 3.22. The number of nitrogens with zero attached hydrogens (tertiary/aromatic N) is 2. The van der Waals surface area contributed by atoms with Gasteiger partial charge in [-0.2, -0.15) is 0 Å². The summed E-state index contributed by atoms with van der Waals surface area (Å²) in [5.74, 6) is -0.871. The minimum Gasteiger partial charge on any atom is -0.481 e. The fourth-order valence-corrected chi connectivity index (χ4v) is 2.26. The van der Waals surface area contributed by atoms with Crippen LogP contribution in [0.4, 0.5) is 0 Å². The fourth-order valence-electron chi connectivity index (χ4n) is 2.26. The Morgan fingerprint density at radius 3 is 2.70 bits per heavy atom. The number of benzene rings is 1. The molecule has 2 aromatic heterocycles. The van der Waals surface area contributed by atoms with Crippen LogP contribution in [0.1, 0.15) is 11.1 Å². The van der Waals surface area contributed by atoms with Crippen molar-refractivity contribution in [1.29, 1.82) is 0 Å². The van der Waals surface area contributed by atoms with Gasteiger partial charge in [0.2, 0.25) is 0 Å². The average Bonchev–Trinajstić information content (AvgIpc) is 2.82. The van der Waals surface area contributed by atoms with E-state index in [9.17, 15) is 4.79 Å². The van der Waals surface area contributed by atoms with Crippen LogP contribution in [0.3, 0.4) is 0 Å². The number of aromatic amines is 1. The fraction of sp³-hybridized carbons (Fsp3) is 0.133. The van der Waals surface area contributed by atoms with Crippen LogP contribution in [0.15, 0.2) is 36.8 Å². The van der Waals surface area contributed by atoms with Crippen molar-refractivity contribution < 1.29 is 9.90 Å². The number of carboxylic acid groups (broad SMARTS) is 1. The van der Waals surface area contributed by atoms with Crippen molar-refractivity contribution in [3.05, 3.63) is 47.9 Å². The van der Waals surface area contributed by atoms with E-state index in [0.717, 1.165) is 16.6 Å². The lowest BCUT2D eigenvalue weighted by atomic mass is 10.0. The van der Waals surface area contributed by atoms with Gasteiger partial charge in [-0.15, -0.1) is 0 Å². The molecule has 3 aromatic rings. The zero-order valence-corrected chi connectivity index (χ0v) is 10.9. The Hall–Kier alpha value is -2.69. The van der Waals surface area contributed by atoms with Gasteiger partial charge >= 0.3 is 5.97 Å². The standard InChI is InChI=1S/C15H13N3O2/c1-9-2-4-10(5-3-9)14-13-11(6-12(19)20)7-16-15(13)18-8-17-14/h2-5,7-8H,6H2,1H3,(H,19,20)(H,16,17,18). The normalized spacial score (nSPS) is 10.8. The van der Waals surface area contributed by atoms with E-state index in [-0.39, 0.29) is 6.42 Å². The molecule has 100 valence electrons. The molecule has 0 radical (unpaired) electrons. The highest BCUT2D eigenvalue weighted by molar-refractivity contribution is 5.95. The summed E-state index contributed by atoms with van der Waals surface area (Å²) in [6.07, 6.45) is 3.12. The van der Waals surface area contributed by atoms with Crippen molar-refractivity contribution in [2.75, 3.05) is 0 Å². The van der Waals surface area contributed by atoms with Crippen molar-refractivity contribution in [2.24, 2.45) is 0 Å². The van der Waals surface area contributed by atoms with Crippen molar-refractivity contribution in [1.82, 2.24) is 15.0 Å². The number of rotatable bonds is 3. The number of aryl methyl sites for hydroxylation is 1. The quantitative estimate of drug-likeness (QED) is 0.764. The van der Waals surface area contributed by atoms with Crippen molar-refractivity contribution in [3.8, 4) is 11.3 Å². The van der Waals surface area contributed by atoms with E-state index in [1.165, 1.54) is 11.9 Å². The molecule has 0 aliphatic carbocycles. The molecule has 0 aliphatic rings. The zero-order valence-electron chi connectivity index (χ0n) is 10.9. The number of hydrogen-bond donors (Lipinski definition) is 2. The predicted octanol–water partition coefficient (Wildman–Crippen LogP) is 2.56. The van der Waals surface area contributed by atoms with Gasteiger partial charge < -0.3 is 10.1 Å². The first kappa shape index (κ1) is 12.3. The number of nitrogens with one attached hydrogen (secondary N) is 1. The van der Waals surface area contributed by atoms with Gasteiger partial charge in [0, 0.05) is 17.1 Å². The zero-order chi connectivity index (χ0) is 14.1. The molecule has 0 fully saturated rings. The molecule has 3 rings (SSSR count). The van der Waals surface area contributed by atoms with Crippen molar-refractivity contribution >= 4 is 17.0 Å². The largest absolute Gasteiger partial charge is 0.481 e. The summed E-state index contributed by atoms with van der Waals surface area (Å²) < 4.78 is 0. The Kier molecular flexibility index (Phi) is 2.95. The summed E-state index contributed by atoms with van der Waals surface area (Å²) in [5.41, 5.74) is 4.23. The maximum absolute atomic E-state index is 10.9. The average molecular weight is 267 g/mol. The lowest BCUT2D eigenvalue weighted by molar-refractivity contribution is -0.136. The van der Waals surface area contributed by atoms with E-state index in [1.54, 1.807) is 6.20 Å². The number of H-pyrrole nitrogens is 1. The second-order valence-electron chi connectivity index (χ2n) is 4.70. The van der Waals surface area contributed by atoms with Crippen LogP contribution in [0.2, 0.25) is 0 Å². The monoisotopic (exact) mass is 267 g/mol. The van der Waals surface area contributed by atoms with Gasteiger partial charge in [0.25, 0.3) is 0 Å². The second kappa shape index (κ2) is 4.77. The molecule has 0 bridgehead atoms. The third kappa shape index (κ3) is 2.14. The Bertz CT molecular complexity index is 775. The van der Waals surface area contributed by atoms with Gasteiger partial charge in [-0.25, -0.2) is 9.97 Å². The Morgan fingerprint density at radius 1 is 1.25 bits per heavy atom. The predicted molar refractivity (Wildman–Crippen MR) is 75.4 cm³/mol. The van der Waals surface area contributed by atoms with Crippen LogP contribution in [0.25, 0.3) is 22.3 Å². The van der Waals surface area contributed by atoms with Crippen LogP contribution in [-0.4, -0.2) is 26.0 Å². The summed E-state index contributed by atoms with van der Waals surface area (Å²) in [4.78, 5) is 22.4. The first-order valence-electron chi connectivity index (χ1n) is 6.25. The number of carbonyl (C=O) groups is 1. The number of aliphatic carboxylic acids is 1. The summed E-state index contributed by atoms with van der Waals surface area (Å²) in [6.45, 7) is 2.02. The molecule has 20 heavy (non-hydrogen) atoms. The van der Waals surface area contributed by atoms with Crippen LogP contribution >= 0.6 is 0 Å². The molecule has 2 N–H and O–H groups in total. The summed E-state index contributed by atoms with van der Waals surface area (Å²) in [7, 11) is 0. The topological polar surface area (TPSA) is 78.9 Å². The summed E-state index contributed by atoms with van der Waals surface area (Å²) >= 11 is 0. The van der Waals surface area contributed by atoms with E-state index in [4.69, 9.17) is 5.11 Å². The van der Waals surface area contributed by atoms with Gasteiger partial charge in [-0.05, 0) is 12.5 Å². The molecule has 2 heterocycles. The molecule has 0 saturated heterocycles. The molecule has 0 saturated carbocycles. The number of aromatic nitrogens is 3. The molecule has 1 aromatic carbocycles. The molecular weight excluding hydrogens is 254 g/mol. The highest BCUT2D eigenvalue weighted by Gasteiger charge is 2.14. The van der Waals surface area contributed by atoms with Crippen LogP contribution < -0.4 is 0 Å². The number of hydrogen-bond acceptors (Lipinski definition) is 3. The number of carboxylic acids is 1. The second-order valence-corrected chi connectivity index (χ2v) is 4.70. The molecule has 5 heteroatoms. The van der Waals surface area contributed by atoms with Gasteiger partial charge in [0.1, 0.15) is 12.0 Å². The van der Waals surface area contributed by atoms with Gasteiger partial charge in [0.05, 0.1) is 12.1 Å². The first-order chi connectivity index (χ1) is 9.65. The molecule has 5 nitrogen and oxygen atoms in total. The lowest BCUT2D eigenvalue weighted by Crippen LogP contribution is -2.00. The van der Waals surface area contributed by atoms with Crippen molar-refractivity contribution in [2.45, 2.75) is 13.3 Å². The summed E-state index contributed by atoms with van der Waals surface area (Å²) in [6, 6.07) is 7.98.